The van der Waals surface area contributed by atoms with Crippen LogP contribution < -0.4 is 5.73 Å². The third kappa shape index (κ3) is 1.98. The Morgan fingerprint density at radius 2 is 1.72 bits per heavy atom. The van der Waals surface area contributed by atoms with E-state index in [1.807, 2.05) is 36.4 Å². The predicted octanol–water partition coefficient (Wildman–Crippen LogP) is 3.32. The quantitative estimate of drug-likeness (QED) is 0.669. The average Bonchev–Trinajstić information content (AvgIpc) is 2.79. The molecule has 3 N–H and O–H groups in total. The van der Waals surface area contributed by atoms with Crippen LogP contribution in [-0.4, -0.2) is 10.2 Å². The second kappa shape index (κ2) is 4.37. The van der Waals surface area contributed by atoms with Crippen molar-refractivity contribution in [3.63, 3.8) is 0 Å². The van der Waals surface area contributed by atoms with Crippen molar-refractivity contribution >= 4 is 28.9 Å². The van der Waals surface area contributed by atoms with Gasteiger partial charge in [0, 0.05) is 5.39 Å². The second-order valence-corrected chi connectivity index (χ2v) is 4.16. The van der Waals surface area contributed by atoms with E-state index in [0.717, 1.165) is 16.5 Å². The SMILES string of the molecule is Nc1n[nH]c2ccc(C=Cc3ccccc3)cc12. The van der Waals surface area contributed by atoms with Crippen molar-refractivity contribution in [3.05, 3.63) is 59.7 Å². The lowest BCUT2D eigenvalue weighted by atomic mass is 10.1. The maximum atomic E-state index is 5.79. The summed E-state index contributed by atoms with van der Waals surface area (Å²) in [7, 11) is 0. The Bertz CT molecular complexity index is 696. The molecule has 3 heteroatoms. The van der Waals surface area contributed by atoms with Crippen molar-refractivity contribution in [1.29, 1.82) is 0 Å². The Morgan fingerprint density at radius 3 is 2.56 bits per heavy atom. The Hall–Kier alpha value is -2.55. The fraction of sp³-hybridized carbons (Fsp3) is 0. The van der Waals surface area contributed by atoms with Crippen molar-refractivity contribution < 1.29 is 0 Å². The second-order valence-electron chi connectivity index (χ2n) is 4.16. The standard InChI is InChI=1S/C15H13N3/c16-15-13-10-12(8-9-14(13)17-18-15)7-6-11-4-2-1-3-5-11/h1-10H,(H3,16,17,18). The first-order chi connectivity index (χ1) is 8.83. The zero-order valence-electron chi connectivity index (χ0n) is 9.80. The normalized spacial score (nSPS) is 11.3. The van der Waals surface area contributed by atoms with Gasteiger partial charge in [-0.05, 0) is 23.3 Å². The molecule has 0 saturated heterocycles. The van der Waals surface area contributed by atoms with Crippen molar-refractivity contribution in [2.75, 3.05) is 5.73 Å². The highest BCUT2D eigenvalue weighted by atomic mass is 15.1. The zero-order chi connectivity index (χ0) is 12.4. The van der Waals surface area contributed by atoms with Crippen LogP contribution in [0.4, 0.5) is 5.82 Å². The first kappa shape index (κ1) is 10.6. The largest absolute Gasteiger partial charge is 0.382 e. The maximum Gasteiger partial charge on any atom is 0.153 e. The number of anilines is 1. The lowest BCUT2D eigenvalue weighted by Gasteiger charge is -1.95. The summed E-state index contributed by atoms with van der Waals surface area (Å²) in [5.74, 6) is 0.542. The Kier molecular flexibility index (Phi) is 2.57. The van der Waals surface area contributed by atoms with Gasteiger partial charge in [0.05, 0.1) is 5.52 Å². The van der Waals surface area contributed by atoms with E-state index < -0.39 is 0 Å². The number of benzene rings is 2. The molecule has 0 radical (unpaired) electrons. The highest BCUT2D eigenvalue weighted by Gasteiger charge is 2.01. The van der Waals surface area contributed by atoms with Gasteiger partial charge in [0.15, 0.2) is 5.82 Å². The first-order valence-corrected chi connectivity index (χ1v) is 5.80. The zero-order valence-corrected chi connectivity index (χ0v) is 9.80. The van der Waals surface area contributed by atoms with Gasteiger partial charge < -0.3 is 5.73 Å². The summed E-state index contributed by atoms with van der Waals surface area (Å²) >= 11 is 0. The Morgan fingerprint density at radius 1 is 0.944 bits per heavy atom. The van der Waals surface area contributed by atoms with Crippen LogP contribution in [0.1, 0.15) is 11.1 Å². The third-order valence-electron chi connectivity index (χ3n) is 2.88. The Labute approximate surface area is 105 Å². The summed E-state index contributed by atoms with van der Waals surface area (Å²) < 4.78 is 0. The summed E-state index contributed by atoms with van der Waals surface area (Å²) in [5.41, 5.74) is 9.04. The fourth-order valence-corrected chi connectivity index (χ4v) is 1.91. The number of rotatable bonds is 2. The van der Waals surface area contributed by atoms with Gasteiger partial charge in [-0.15, -0.1) is 0 Å². The number of hydrogen-bond donors (Lipinski definition) is 2. The van der Waals surface area contributed by atoms with Crippen LogP contribution in [0.25, 0.3) is 23.1 Å². The molecule has 0 fully saturated rings. The number of nitrogens with two attached hydrogens (primary N) is 1. The molecule has 0 amide bonds. The van der Waals surface area contributed by atoms with E-state index in [0.29, 0.717) is 5.82 Å². The van der Waals surface area contributed by atoms with E-state index >= 15 is 0 Å². The molecule has 0 saturated carbocycles. The molecule has 2 aromatic carbocycles. The maximum absolute atomic E-state index is 5.79. The predicted molar refractivity (Wildman–Crippen MR) is 75.9 cm³/mol. The van der Waals surface area contributed by atoms with E-state index in [1.165, 1.54) is 5.56 Å². The van der Waals surface area contributed by atoms with E-state index in [-0.39, 0.29) is 0 Å². The minimum atomic E-state index is 0.542. The minimum absolute atomic E-state index is 0.542. The summed E-state index contributed by atoms with van der Waals surface area (Å²) in [6, 6.07) is 16.3. The number of aromatic amines is 1. The smallest absolute Gasteiger partial charge is 0.153 e. The molecule has 18 heavy (non-hydrogen) atoms. The molecule has 0 spiro atoms. The van der Waals surface area contributed by atoms with Gasteiger partial charge in [-0.25, -0.2) is 0 Å². The molecule has 1 heterocycles. The average molecular weight is 235 g/mol. The highest BCUT2D eigenvalue weighted by Crippen LogP contribution is 2.20. The molecule has 0 aliphatic rings. The van der Waals surface area contributed by atoms with Crippen LogP contribution in [0.3, 0.4) is 0 Å². The summed E-state index contributed by atoms with van der Waals surface area (Å²) in [4.78, 5) is 0. The monoisotopic (exact) mass is 235 g/mol. The number of nitrogen functional groups attached to an aromatic ring is 1. The number of H-pyrrole nitrogens is 1. The number of nitrogens with one attached hydrogen (secondary N) is 1. The van der Waals surface area contributed by atoms with Gasteiger partial charge in [-0.3, -0.25) is 5.10 Å². The van der Waals surface area contributed by atoms with Gasteiger partial charge in [-0.2, -0.15) is 5.10 Å². The Balaban J connectivity index is 1.95. The van der Waals surface area contributed by atoms with Crippen molar-refractivity contribution in [2.45, 2.75) is 0 Å². The van der Waals surface area contributed by atoms with Crippen LogP contribution in [0, 0.1) is 0 Å². The number of hydrogen-bond acceptors (Lipinski definition) is 2. The molecule has 88 valence electrons. The van der Waals surface area contributed by atoms with Crippen LogP contribution in [-0.2, 0) is 0 Å². The minimum Gasteiger partial charge on any atom is -0.382 e. The molecule has 3 aromatic rings. The van der Waals surface area contributed by atoms with Crippen LogP contribution in [0.15, 0.2) is 48.5 Å². The highest BCUT2D eigenvalue weighted by molar-refractivity contribution is 5.91. The van der Waals surface area contributed by atoms with Crippen LogP contribution in [0.2, 0.25) is 0 Å². The molecule has 0 aliphatic heterocycles. The van der Waals surface area contributed by atoms with Gasteiger partial charge >= 0.3 is 0 Å². The van der Waals surface area contributed by atoms with Gasteiger partial charge in [0.2, 0.25) is 0 Å². The van der Waals surface area contributed by atoms with Crippen LogP contribution >= 0.6 is 0 Å². The summed E-state index contributed by atoms with van der Waals surface area (Å²) in [5, 5.41) is 7.84. The van der Waals surface area contributed by atoms with Crippen molar-refractivity contribution in [2.24, 2.45) is 0 Å². The molecule has 0 atom stereocenters. The molecule has 0 aliphatic carbocycles. The molecule has 1 aromatic heterocycles. The molecule has 3 nitrogen and oxygen atoms in total. The van der Waals surface area contributed by atoms with Gasteiger partial charge in [-0.1, -0.05) is 48.6 Å². The lowest BCUT2D eigenvalue weighted by Crippen LogP contribution is -1.83. The number of aromatic nitrogens is 2. The summed E-state index contributed by atoms with van der Waals surface area (Å²) in [6.45, 7) is 0. The first-order valence-electron chi connectivity index (χ1n) is 5.80. The molecular formula is C15H13N3. The van der Waals surface area contributed by atoms with E-state index in [9.17, 15) is 0 Å². The van der Waals surface area contributed by atoms with Gasteiger partial charge in [0.25, 0.3) is 0 Å². The number of nitrogens with zero attached hydrogens (tertiary/aromatic N) is 1. The molecular weight excluding hydrogens is 222 g/mol. The van der Waals surface area contributed by atoms with E-state index in [4.69, 9.17) is 5.73 Å². The topological polar surface area (TPSA) is 54.7 Å². The molecule has 0 unspecified atom stereocenters. The van der Waals surface area contributed by atoms with Crippen molar-refractivity contribution in [3.8, 4) is 0 Å². The molecule has 3 rings (SSSR count). The van der Waals surface area contributed by atoms with E-state index in [1.54, 1.807) is 0 Å². The van der Waals surface area contributed by atoms with Crippen LogP contribution in [0.5, 0.6) is 0 Å². The third-order valence-corrected chi connectivity index (χ3v) is 2.88. The fourth-order valence-electron chi connectivity index (χ4n) is 1.91. The van der Waals surface area contributed by atoms with Crippen molar-refractivity contribution in [1.82, 2.24) is 10.2 Å². The lowest BCUT2D eigenvalue weighted by molar-refractivity contribution is 1.13. The molecule has 0 bridgehead atoms. The van der Waals surface area contributed by atoms with Gasteiger partial charge in [0.1, 0.15) is 0 Å². The number of fused-ring (bicyclic) bond motifs is 1. The van der Waals surface area contributed by atoms with E-state index in [2.05, 4.69) is 34.5 Å². The summed E-state index contributed by atoms with van der Waals surface area (Å²) in [6.07, 6.45) is 4.15.